The van der Waals surface area contributed by atoms with Crippen molar-refractivity contribution in [3.05, 3.63) is 122 Å². The van der Waals surface area contributed by atoms with Gasteiger partial charge in [-0.05, 0) is 54.6 Å². The number of hydrogen-bond acceptors (Lipinski definition) is 2. The number of hydrogen-bond donors (Lipinski definition) is 1. The first-order valence-electron chi connectivity index (χ1n) is 13.1. The van der Waals surface area contributed by atoms with E-state index in [1.54, 1.807) is 0 Å². The third-order valence-electron chi connectivity index (χ3n) is 7.92. The van der Waals surface area contributed by atoms with Gasteiger partial charge in [-0.25, -0.2) is 0 Å². The molecule has 39 heavy (non-hydrogen) atoms. The monoisotopic (exact) mass is 499 g/mol. The van der Waals surface area contributed by atoms with E-state index in [9.17, 15) is 0 Å². The van der Waals surface area contributed by atoms with E-state index in [0.717, 1.165) is 66.3 Å². The second kappa shape index (κ2) is 7.55. The zero-order valence-electron chi connectivity index (χ0n) is 20.8. The summed E-state index contributed by atoms with van der Waals surface area (Å²) in [4.78, 5) is 13.4. The zero-order valence-corrected chi connectivity index (χ0v) is 20.8. The lowest BCUT2D eigenvalue weighted by molar-refractivity contribution is 1.15. The molecule has 5 heterocycles. The van der Waals surface area contributed by atoms with Gasteiger partial charge in [0.25, 0.3) is 0 Å². The van der Waals surface area contributed by atoms with Crippen LogP contribution in [0.25, 0.3) is 77.1 Å². The molecule has 0 aliphatic rings. The molecule has 182 valence electrons. The standard InChI is InChI=1S/C34H21N5/c1-2-9-21(10-3-1)38-30-15-8-18-35-31(30)26-20-36-32-24-12-5-7-14-29(24)39(34(32)33(26)38)22-16-17-28-25(19-22)23-11-4-6-13-27(23)37-28/h1-20,37H. The Kier molecular flexibility index (Phi) is 3.99. The molecular weight excluding hydrogens is 478 g/mol. The summed E-state index contributed by atoms with van der Waals surface area (Å²) in [6, 6.07) is 38.4. The predicted octanol–water partition coefficient (Wildman–Crippen LogP) is 8.31. The van der Waals surface area contributed by atoms with E-state index in [0.29, 0.717) is 0 Å². The maximum absolute atomic E-state index is 5.06. The minimum atomic E-state index is 0.953. The summed E-state index contributed by atoms with van der Waals surface area (Å²) in [7, 11) is 0. The van der Waals surface area contributed by atoms with Crippen molar-refractivity contribution in [1.29, 1.82) is 0 Å². The molecule has 0 radical (unpaired) electrons. The fourth-order valence-electron chi connectivity index (χ4n) is 6.28. The molecule has 0 aliphatic heterocycles. The van der Waals surface area contributed by atoms with E-state index in [1.807, 2.05) is 18.5 Å². The molecular formula is C34H21N5. The highest BCUT2D eigenvalue weighted by Crippen LogP contribution is 2.40. The topological polar surface area (TPSA) is 51.4 Å². The van der Waals surface area contributed by atoms with Gasteiger partial charge in [-0.15, -0.1) is 0 Å². The minimum Gasteiger partial charge on any atom is -0.355 e. The molecule has 0 saturated heterocycles. The van der Waals surface area contributed by atoms with E-state index < -0.39 is 0 Å². The first-order chi connectivity index (χ1) is 19.4. The molecule has 9 rings (SSSR count). The quantitative estimate of drug-likeness (QED) is 0.260. The summed E-state index contributed by atoms with van der Waals surface area (Å²) < 4.78 is 4.71. The van der Waals surface area contributed by atoms with Crippen molar-refractivity contribution in [3.63, 3.8) is 0 Å². The Hall–Kier alpha value is -5.42. The second-order valence-corrected chi connectivity index (χ2v) is 10.0. The highest BCUT2D eigenvalue weighted by molar-refractivity contribution is 6.21. The summed E-state index contributed by atoms with van der Waals surface area (Å²) >= 11 is 0. The Labute approximate surface area is 222 Å². The van der Waals surface area contributed by atoms with Gasteiger partial charge in [-0.1, -0.05) is 54.6 Å². The van der Waals surface area contributed by atoms with Gasteiger partial charge in [0.1, 0.15) is 0 Å². The molecule has 0 fully saturated rings. The zero-order chi connectivity index (χ0) is 25.5. The summed E-state index contributed by atoms with van der Waals surface area (Å²) in [5.41, 5.74) is 10.8. The lowest BCUT2D eigenvalue weighted by Gasteiger charge is -2.12. The highest BCUT2D eigenvalue weighted by Gasteiger charge is 2.22. The normalized spacial score (nSPS) is 12.1. The van der Waals surface area contributed by atoms with Gasteiger partial charge in [-0.3, -0.25) is 9.97 Å². The van der Waals surface area contributed by atoms with Crippen molar-refractivity contribution in [2.75, 3.05) is 0 Å². The summed E-state index contributed by atoms with van der Waals surface area (Å²) in [5.74, 6) is 0. The predicted molar refractivity (Wildman–Crippen MR) is 160 cm³/mol. The van der Waals surface area contributed by atoms with Crippen LogP contribution in [0.1, 0.15) is 0 Å². The summed E-state index contributed by atoms with van der Waals surface area (Å²) in [5, 5.41) is 4.60. The van der Waals surface area contributed by atoms with Gasteiger partial charge in [0.05, 0.1) is 33.1 Å². The van der Waals surface area contributed by atoms with Crippen LogP contribution in [-0.2, 0) is 0 Å². The number of aromatic amines is 1. The van der Waals surface area contributed by atoms with Crippen LogP contribution < -0.4 is 0 Å². The second-order valence-electron chi connectivity index (χ2n) is 10.0. The summed E-state index contributed by atoms with van der Waals surface area (Å²) in [6.07, 6.45) is 3.86. The van der Waals surface area contributed by atoms with Gasteiger partial charge in [0, 0.05) is 56.3 Å². The molecule has 0 amide bonds. The number of nitrogens with zero attached hydrogens (tertiary/aromatic N) is 4. The highest BCUT2D eigenvalue weighted by atomic mass is 15.1. The number of benzene rings is 4. The fraction of sp³-hybridized carbons (Fsp3) is 0. The molecule has 0 spiro atoms. The number of H-pyrrole nitrogens is 1. The Morgan fingerprint density at radius 1 is 0.487 bits per heavy atom. The third kappa shape index (κ3) is 2.73. The van der Waals surface area contributed by atoms with Crippen LogP contribution in [0.5, 0.6) is 0 Å². The smallest absolute Gasteiger partial charge is 0.0985 e. The Morgan fingerprint density at radius 2 is 1.23 bits per heavy atom. The van der Waals surface area contributed by atoms with Gasteiger partial charge < -0.3 is 14.1 Å². The number of fused-ring (bicyclic) bond motifs is 10. The van der Waals surface area contributed by atoms with Crippen LogP contribution in [-0.4, -0.2) is 24.1 Å². The SMILES string of the molecule is c1ccc(-n2c3cccnc3c3cnc4c5ccccc5n(-c5ccc6[nH]c7ccccc7c6c5)c4c32)cc1. The van der Waals surface area contributed by atoms with Crippen LogP contribution in [0.15, 0.2) is 122 Å². The van der Waals surface area contributed by atoms with Gasteiger partial charge >= 0.3 is 0 Å². The lowest BCUT2D eigenvalue weighted by Crippen LogP contribution is -1.99. The van der Waals surface area contributed by atoms with Gasteiger partial charge in [-0.2, -0.15) is 0 Å². The Morgan fingerprint density at radius 3 is 2.15 bits per heavy atom. The average molecular weight is 500 g/mol. The fourth-order valence-corrected chi connectivity index (χ4v) is 6.28. The van der Waals surface area contributed by atoms with Crippen molar-refractivity contribution in [2.24, 2.45) is 0 Å². The number of pyridine rings is 2. The molecule has 0 bridgehead atoms. The number of nitrogens with one attached hydrogen (secondary N) is 1. The van der Waals surface area contributed by atoms with E-state index in [-0.39, 0.29) is 0 Å². The maximum Gasteiger partial charge on any atom is 0.0985 e. The first kappa shape index (κ1) is 20.6. The van der Waals surface area contributed by atoms with Crippen LogP contribution >= 0.6 is 0 Å². The molecule has 9 aromatic rings. The van der Waals surface area contributed by atoms with Crippen molar-refractivity contribution in [1.82, 2.24) is 24.1 Å². The van der Waals surface area contributed by atoms with Crippen LogP contribution in [0, 0.1) is 0 Å². The molecule has 0 aliphatic carbocycles. The lowest BCUT2D eigenvalue weighted by atomic mass is 10.1. The molecule has 4 aromatic carbocycles. The van der Waals surface area contributed by atoms with Crippen molar-refractivity contribution < 1.29 is 0 Å². The molecule has 1 N–H and O–H groups in total. The molecule has 5 aromatic heterocycles. The van der Waals surface area contributed by atoms with Crippen molar-refractivity contribution >= 4 is 65.7 Å². The molecule has 0 atom stereocenters. The van der Waals surface area contributed by atoms with Crippen LogP contribution in [0.3, 0.4) is 0 Å². The molecule has 5 nitrogen and oxygen atoms in total. The Bertz CT molecular complexity index is 2390. The van der Waals surface area contributed by atoms with Crippen molar-refractivity contribution in [3.8, 4) is 11.4 Å². The molecule has 0 unspecified atom stereocenters. The van der Waals surface area contributed by atoms with Crippen molar-refractivity contribution in [2.45, 2.75) is 0 Å². The Balaban J connectivity index is 1.51. The van der Waals surface area contributed by atoms with E-state index >= 15 is 0 Å². The minimum absolute atomic E-state index is 0.953. The van der Waals surface area contributed by atoms with Crippen LogP contribution in [0.2, 0.25) is 0 Å². The van der Waals surface area contributed by atoms with Gasteiger partial charge in [0.2, 0.25) is 0 Å². The first-order valence-corrected chi connectivity index (χ1v) is 13.1. The van der Waals surface area contributed by atoms with E-state index in [4.69, 9.17) is 9.97 Å². The number of aromatic nitrogens is 5. The van der Waals surface area contributed by atoms with E-state index in [1.165, 1.54) is 10.8 Å². The number of rotatable bonds is 2. The molecule has 5 heteroatoms. The summed E-state index contributed by atoms with van der Waals surface area (Å²) in [6.45, 7) is 0. The van der Waals surface area contributed by atoms with E-state index in [2.05, 4.69) is 117 Å². The molecule has 0 saturated carbocycles. The van der Waals surface area contributed by atoms with Gasteiger partial charge in [0.15, 0.2) is 0 Å². The number of para-hydroxylation sites is 3. The van der Waals surface area contributed by atoms with Crippen LogP contribution in [0.4, 0.5) is 0 Å². The maximum atomic E-state index is 5.06. The average Bonchev–Trinajstić information content (AvgIpc) is 3.65. The largest absolute Gasteiger partial charge is 0.355 e. The third-order valence-corrected chi connectivity index (χ3v) is 7.92.